The van der Waals surface area contributed by atoms with E-state index in [2.05, 4.69) is 47.8 Å². The molecule has 0 aromatic rings. The quantitative estimate of drug-likeness (QED) is 0.338. The van der Waals surface area contributed by atoms with Crippen LogP contribution < -0.4 is 0 Å². The Morgan fingerprint density at radius 2 is 0.792 bits per heavy atom. The van der Waals surface area contributed by atoms with E-state index in [4.69, 9.17) is 0 Å². The lowest BCUT2D eigenvalue weighted by molar-refractivity contribution is 0.670. The second kappa shape index (κ2) is 7.48. The molecule has 4 heteroatoms. The molecule has 3 fully saturated rings. The Kier molecular flexibility index (Phi) is 5.30. The molecular weight excluding hydrogens is 368 g/mol. The van der Waals surface area contributed by atoms with Gasteiger partial charge in [-0.3, -0.25) is 0 Å². The number of hydrogen-bond acceptors (Lipinski definition) is 2. The van der Waals surface area contributed by atoms with E-state index < -0.39 is 0 Å². The van der Waals surface area contributed by atoms with Crippen molar-refractivity contribution in [3.05, 3.63) is 24.3 Å². The molecule has 8 atom stereocenters. The molecule has 0 spiro atoms. The Morgan fingerprint density at radius 3 is 1.08 bits per heavy atom. The van der Waals surface area contributed by atoms with E-state index in [9.17, 15) is 0 Å². The van der Waals surface area contributed by atoms with E-state index >= 15 is 0 Å². The summed E-state index contributed by atoms with van der Waals surface area (Å²) >= 11 is 8.19. The van der Waals surface area contributed by atoms with Gasteiger partial charge in [0.25, 0.3) is 0 Å². The average molecular weight is 399 g/mol. The van der Waals surface area contributed by atoms with Crippen LogP contribution in [0.1, 0.15) is 51.4 Å². The lowest BCUT2D eigenvalue weighted by Gasteiger charge is -2.16. The van der Waals surface area contributed by atoms with Crippen molar-refractivity contribution < 1.29 is 0 Å². The summed E-state index contributed by atoms with van der Waals surface area (Å²) in [6, 6.07) is 0. The van der Waals surface area contributed by atoms with E-state index in [1.807, 2.05) is 0 Å². The first kappa shape index (κ1) is 17.0. The Bertz CT molecular complexity index is 430. The van der Waals surface area contributed by atoms with Gasteiger partial charge in [-0.05, 0) is 73.5 Å². The zero-order chi connectivity index (χ0) is 15.9. The standard InChI is InChI=1S/C20H28S4/c1-2-14-10-16-5-6-18(23-16)12-20-8-7-19(24-20)11-17-4-3-15(22-17)9-13(1)21-14/h1-2,7-8,13-20H,3-6,9-12H2/p+2. The predicted octanol–water partition coefficient (Wildman–Crippen LogP) is 4.33. The van der Waals surface area contributed by atoms with Crippen LogP contribution in [0.2, 0.25) is 0 Å². The van der Waals surface area contributed by atoms with Crippen LogP contribution >= 0.6 is 23.5 Å². The third-order valence-corrected chi connectivity index (χ3v) is 12.6. The zero-order valence-electron chi connectivity index (χ0n) is 14.3. The number of rotatable bonds is 0. The Labute approximate surface area is 164 Å². The van der Waals surface area contributed by atoms with Gasteiger partial charge in [-0.25, -0.2) is 0 Å². The molecule has 5 rings (SSSR count). The minimum Gasteiger partial charge on any atom is -0.155 e. The van der Waals surface area contributed by atoms with Crippen LogP contribution in [0.15, 0.2) is 24.3 Å². The third-order valence-electron chi connectivity index (χ3n) is 6.29. The van der Waals surface area contributed by atoms with Crippen molar-refractivity contribution in [2.75, 3.05) is 0 Å². The van der Waals surface area contributed by atoms with Crippen LogP contribution in [0.25, 0.3) is 0 Å². The molecule has 5 aliphatic rings. The molecule has 0 saturated carbocycles. The summed E-state index contributed by atoms with van der Waals surface area (Å²) < 4.78 is 0. The van der Waals surface area contributed by atoms with E-state index in [0.29, 0.717) is 0 Å². The average Bonchev–Trinajstić information content (AvgIpc) is 3.32. The summed E-state index contributed by atoms with van der Waals surface area (Å²) in [5.74, 6) is 0. The maximum absolute atomic E-state index is 2.58. The Hall–Kier alpha value is 0.880. The summed E-state index contributed by atoms with van der Waals surface area (Å²) in [6.07, 6.45) is 22.1. The monoisotopic (exact) mass is 398 g/mol. The fraction of sp³-hybridized carbons (Fsp3) is 0.800. The van der Waals surface area contributed by atoms with Gasteiger partial charge in [0.2, 0.25) is 0 Å². The van der Waals surface area contributed by atoms with Crippen LogP contribution in [0.5, 0.6) is 0 Å². The normalized spacial score (nSPS) is 50.7. The molecule has 0 nitrogen and oxygen atoms in total. The second-order valence-electron chi connectivity index (χ2n) is 8.20. The first-order valence-corrected chi connectivity index (χ1v) is 13.8. The van der Waals surface area contributed by atoms with Crippen molar-refractivity contribution >= 4 is 47.0 Å². The number of hydrogen-bond donors (Lipinski definition) is 0. The van der Waals surface area contributed by atoms with Gasteiger partial charge >= 0.3 is 0 Å². The highest BCUT2D eigenvalue weighted by atomic mass is 32.2. The molecule has 0 aromatic heterocycles. The lowest BCUT2D eigenvalue weighted by atomic mass is 10.1. The van der Waals surface area contributed by atoms with Gasteiger partial charge in [0.15, 0.2) is 0 Å². The second-order valence-corrected chi connectivity index (χ2v) is 14.7. The lowest BCUT2D eigenvalue weighted by Crippen LogP contribution is -2.19. The van der Waals surface area contributed by atoms with E-state index in [1.54, 1.807) is 23.5 Å². The van der Waals surface area contributed by atoms with Crippen molar-refractivity contribution in [1.82, 2.24) is 0 Å². The Morgan fingerprint density at radius 1 is 0.500 bits per heavy atom. The molecule has 0 N–H and O–H groups in total. The molecule has 5 aliphatic heterocycles. The topological polar surface area (TPSA) is 0 Å². The van der Waals surface area contributed by atoms with Gasteiger partial charge in [0, 0.05) is 46.7 Å². The van der Waals surface area contributed by atoms with Crippen molar-refractivity contribution in [2.45, 2.75) is 93.4 Å². The molecule has 0 aromatic carbocycles. The number of fused-ring (bicyclic) bond motifs is 8. The molecule has 8 bridgehead atoms. The van der Waals surface area contributed by atoms with Crippen molar-refractivity contribution in [3.8, 4) is 0 Å². The van der Waals surface area contributed by atoms with Gasteiger partial charge in [-0.2, -0.15) is 23.5 Å². The van der Waals surface area contributed by atoms with Gasteiger partial charge in [-0.1, -0.05) is 0 Å². The van der Waals surface area contributed by atoms with Gasteiger partial charge in [0.05, 0.1) is 0 Å². The molecule has 0 radical (unpaired) electrons. The third kappa shape index (κ3) is 3.92. The number of thioether (sulfide) groups is 2. The molecule has 8 unspecified atom stereocenters. The van der Waals surface area contributed by atoms with Crippen LogP contribution in [0, 0.1) is 0 Å². The van der Waals surface area contributed by atoms with E-state index in [-0.39, 0.29) is 0 Å². The molecule has 0 amide bonds. The molecule has 3 saturated heterocycles. The highest BCUT2D eigenvalue weighted by Crippen LogP contribution is 2.44. The van der Waals surface area contributed by atoms with Crippen LogP contribution in [-0.2, 0) is 23.5 Å². The van der Waals surface area contributed by atoms with Gasteiger partial charge in [-0.15, -0.1) is 0 Å². The molecule has 132 valence electrons. The fourth-order valence-electron chi connectivity index (χ4n) is 5.09. The Balaban J connectivity index is 1.28. The van der Waals surface area contributed by atoms with E-state index in [1.165, 1.54) is 51.4 Å². The van der Waals surface area contributed by atoms with Gasteiger partial charge < -0.3 is 0 Å². The number of thiol groups is 2. The summed E-state index contributed by atoms with van der Waals surface area (Å²) in [7, 11) is 0. The summed E-state index contributed by atoms with van der Waals surface area (Å²) in [5, 5.41) is 7.29. The highest BCUT2D eigenvalue weighted by molar-refractivity contribution is 8.01. The largest absolute Gasteiger partial charge is 0.155 e. The molecular formula is C20H30S4+2. The smallest absolute Gasteiger partial charge is 0.135 e. The first-order valence-electron chi connectivity index (χ1n) is 9.87. The van der Waals surface area contributed by atoms with Crippen molar-refractivity contribution in [1.29, 1.82) is 0 Å². The highest BCUT2D eigenvalue weighted by Gasteiger charge is 2.40. The summed E-state index contributed by atoms with van der Waals surface area (Å²) in [5.41, 5.74) is 0. The summed E-state index contributed by atoms with van der Waals surface area (Å²) in [6.45, 7) is 0. The minimum atomic E-state index is 0.871. The van der Waals surface area contributed by atoms with Crippen LogP contribution in [0.3, 0.4) is 0 Å². The predicted molar refractivity (Wildman–Crippen MR) is 118 cm³/mol. The SMILES string of the molecule is C1=CC2CC3CCC(CC4C=CC(CC5CCC(CC1[SH+]2)S5)[SH+]4)S3. The molecule has 5 heterocycles. The van der Waals surface area contributed by atoms with Crippen LogP contribution in [0.4, 0.5) is 0 Å². The van der Waals surface area contributed by atoms with Crippen molar-refractivity contribution in [3.63, 3.8) is 0 Å². The fourth-order valence-corrected chi connectivity index (χ4v) is 12.4. The maximum Gasteiger partial charge on any atom is 0.135 e. The van der Waals surface area contributed by atoms with Crippen molar-refractivity contribution in [2.24, 2.45) is 0 Å². The van der Waals surface area contributed by atoms with Crippen LogP contribution in [-0.4, -0.2) is 42.0 Å². The maximum atomic E-state index is 2.58. The summed E-state index contributed by atoms with van der Waals surface area (Å²) in [4.78, 5) is 0. The molecule has 24 heavy (non-hydrogen) atoms. The van der Waals surface area contributed by atoms with E-state index in [0.717, 1.165) is 42.0 Å². The first-order chi connectivity index (χ1) is 11.8. The molecule has 0 aliphatic carbocycles. The minimum absolute atomic E-state index is 0.871. The van der Waals surface area contributed by atoms with Gasteiger partial charge in [0.1, 0.15) is 21.0 Å². The zero-order valence-corrected chi connectivity index (χ0v) is 17.7.